The maximum absolute atomic E-state index is 13.4. The van der Waals surface area contributed by atoms with Crippen LogP contribution in [0.15, 0.2) is 47.4 Å². The first kappa shape index (κ1) is 14.6. The van der Waals surface area contributed by atoms with E-state index in [1.807, 2.05) is 6.92 Å². The molecular formula is C16H14FNO3S. The summed E-state index contributed by atoms with van der Waals surface area (Å²) in [6.07, 6.45) is 0. The van der Waals surface area contributed by atoms with Crippen LogP contribution in [0.4, 0.5) is 4.39 Å². The molecule has 0 radical (unpaired) electrons. The number of aryl methyl sites for hydroxylation is 1. The Labute approximate surface area is 127 Å². The lowest BCUT2D eigenvalue weighted by molar-refractivity contribution is 0.475. The molecular weight excluding hydrogens is 305 g/mol. The highest BCUT2D eigenvalue weighted by Crippen LogP contribution is 2.34. The van der Waals surface area contributed by atoms with E-state index in [9.17, 15) is 17.9 Å². The van der Waals surface area contributed by atoms with Crippen molar-refractivity contribution in [2.24, 2.45) is 0 Å². The van der Waals surface area contributed by atoms with Crippen LogP contribution in [0.2, 0.25) is 0 Å². The fraction of sp³-hybridized carbons (Fsp3) is 0.125. The van der Waals surface area contributed by atoms with Crippen LogP contribution in [0.1, 0.15) is 11.3 Å². The molecule has 3 rings (SSSR count). The summed E-state index contributed by atoms with van der Waals surface area (Å²) in [5.41, 5.74) is 1.34. The van der Waals surface area contributed by atoms with Crippen molar-refractivity contribution in [2.45, 2.75) is 18.7 Å². The number of benzene rings is 2. The molecule has 0 aliphatic carbocycles. The molecule has 0 amide bonds. The molecule has 0 saturated heterocycles. The predicted octanol–water partition coefficient (Wildman–Crippen LogP) is 3.34. The lowest BCUT2D eigenvalue weighted by Crippen LogP contribution is -2.14. The van der Waals surface area contributed by atoms with E-state index in [1.165, 1.54) is 31.2 Å². The number of hydrogen-bond donors (Lipinski definition) is 1. The Hall–Kier alpha value is -2.34. The molecule has 114 valence electrons. The van der Waals surface area contributed by atoms with E-state index in [2.05, 4.69) is 0 Å². The Bertz CT molecular complexity index is 973. The minimum absolute atomic E-state index is 0.113. The Balaban J connectivity index is 2.34. The van der Waals surface area contributed by atoms with E-state index in [-0.39, 0.29) is 27.2 Å². The first-order valence-corrected chi connectivity index (χ1v) is 8.08. The van der Waals surface area contributed by atoms with E-state index in [1.54, 1.807) is 12.1 Å². The molecule has 0 fully saturated rings. The third-order valence-corrected chi connectivity index (χ3v) is 5.46. The Kier molecular flexibility index (Phi) is 3.21. The molecule has 1 aromatic heterocycles. The highest BCUT2D eigenvalue weighted by atomic mass is 32.2. The fourth-order valence-corrected chi connectivity index (χ4v) is 4.03. The van der Waals surface area contributed by atoms with Crippen molar-refractivity contribution in [1.29, 1.82) is 0 Å². The van der Waals surface area contributed by atoms with Crippen LogP contribution < -0.4 is 0 Å². The smallest absolute Gasteiger partial charge is 0.268 e. The third kappa shape index (κ3) is 2.07. The SMILES string of the molecule is Cc1ccc(S(=O)(=O)n2c(C)c(O)c3cc(F)ccc32)cc1. The summed E-state index contributed by atoms with van der Waals surface area (Å²) < 4.78 is 40.1. The first-order chi connectivity index (χ1) is 10.3. The van der Waals surface area contributed by atoms with Gasteiger partial charge in [-0.05, 0) is 44.2 Å². The summed E-state index contributed by atoms with van der Waals surface area (Å²) in [7, 11) is -3.87. The van der Waals surface area contributed by atoms with Crippen molar-refractivity contribution in [3.8, 4) is 5.75 Å². The summed E-state index contributed by atoms with van der Waals surface area (Å²) in [5, 5.41) is 10.3. The van der Waals surface area contributed by atoms with E-state index in [4.69, 9.17) is 0 Å². The zero-order valence-electron chi connectivity index (χ0n) is 12.0. The Morgan fingerprint density at radius 1 is 1.05 bits per heavy atom. The number of rotatable bonds is 2. The molecule has 2 aromatic carbocycles. The lowest BCUT2D eigenvalue weighted by Gasteiger charge is -2.10. The van der Waals surface area contributed by atoms with Crippen molar-refractivity contribution in [3.63, 3.8) is 0 Å². The molecule has 6 heteroatoms. The molecule has 4 nitrogen and oxygen atoms in total. The topological polar surface area (TPSA) is 59.3 Å². The van der Waals surface area contributed by atoms with Crippen molar-refractivity contribution in [2.75, 3.05) is 0 Å². The van der Waals surface area contributed by atoms with Crippen LogP contribution in [-0.2, 0) is 10.0 Å². The fourth-order valence-electron chi connectivity index (χ4n) is 2.47. The maximum Gasteiger partial charge on any atom is 0.268 e. The van der Waals surface area contributed by atoms with Gasteiger partial charge in [-0.3, -0.25) is 0 Å². The van der Waals surface area contributed by atoms with Crippen molar-refractivity contribution in [1.82, 2.24) is 3.97 Å². The molecule has 22 heavy (non-hydrogen) atoms. The summed E-state index contributed by atoms with van der Waals surface area (Å²) in [6, 6.07) is 10.1. The second kappa shape index (κ2) is 4.84. The highest BCUT2D eigenvalue weighted by molar-refractivity contribution is 7.90. The average Bonchev–Trinajstić information content (AvgIpc) is 2.72. The molecule has 0 atom stereocenters. The van der Waals surface area contributed by atoms with Gasteiger partial charge in [-0.1, -0.05) is 17.7 Å². The predicted molar refractivity (Wildman–Crippen MR) is 82.1 cm³/mol. The monoisotopic (exact) mass is 319 g/mol. The molecule has 1 N–H and O–H groups in total. The van der Waals surface area contributed by atoms with Gasteiger partial charge in [-0.2, -0.15) is 0 Å². The Morgan fingerprint density at radius 3 is 2.32 bits per heavy atom. The maximum atomic E-state index is 13.4. The van der Waals surface area contributed by atoms with Gasteiger partial charge in [-0.25, -0.2) is 16.8 Å². The van der Waals surface area contributed by atoms with Gasteiger partial charge >= 0.3 is 0 Å². The first-order valence-electron chi connectivity index (χ1n) is 6.64. The number of aromatic nitrogens is 1. The molecule has 1 heterocycles. The number of fused-ring (bicyclic) bond motifs is 1. The molecule has 0 aliphatic heterocycles. The van der Waals surface area contributed by atoms with Gasteiger partial charge in [0.25, 0.3) is 10.0 Å². The minimum atomic E-state index is -3.87. The second-order valence-electron chi connectivity index (χ2n) is 5.18. The zero-order chi connectivity index (χ0) is 16.1. The largest absolute Gasteiger partial charge is 0.505 e. The second-order valence-corrected chi connectivity index (χ2v) is 6.96. The van der Waals surface area contributed by atoms with Gasteiger partial charge in [-0.15, -0.1) is 0 Å². The number of nitrogens with zero attached hydrogens (tertiary/aromatic N) is 1. The van der Waals surface area contributed by atoms with Crippen LogP contribution in [0.5, 0.6) is 5.75 Å². The van der Waals surface area contributed by atoms with Crippen LogP contribution >= 0.6 is 0 Å². The van der Waals surface area contributed by atoms with Gasteiger partial charge in [0.1, 0.15) is 11.6 Å². The molecule has 0 bridgehead atoms. The normalized spacial score (nSPS) is 12.0. The zero-order valence-corrected chi connectivity index (χ0v) is 12.9. The average molecular weight is 319 g/mol. The van der Waals surface area contributed by atoms with Crippen LogP contribution in [0, 0.1) is 19.7 Å². The van der Waals surface area contributed by atoms with Crippen LogP contribution in [0.25, 0.3) is 10.9 Å². The summed E-state index contributed by atoms with van der Waals surface area (Å²) in [6.45, 7) is 3.35. The summed E-state index contributed by atoms with van der Waals surface area (Å²) >= 11 is 0. The van der Waals surface area contributed by atoms with E-state index in [0.717, 1.165) is 15.6 Å². The van der Waals surface area contributed by atoms with Gasteiger partial charge in [0.05, 0.1) is 16.1 Å². The third-order valence-electron chi connectivity index (χ3n) is 3.64. The van der Waals surface area contributed by atoms with Crippen molar-refractivity contribution in [3.05, 3.63) is 59.5 Å². The summed E-state index contributed by atoms with van der Waals surface area (Å²) in [4.78, 5) is 0.113. The summed E-state index contributed by atoms with van der Waals surface area (Å²) in [5.74, 6) is -0.766. The van der Waals surface area contributed by atoms with Gasteiger partial charge in [0.15, 0.2) is 0 Å². The molecule has 3 aromatic rings. The minimum Gasteiger partial charge on any atom is -0.505 e. The van der Waals surface area contributed by atoms with Crippen LogP contribution in [0.3, 0.4) is 0 Å². The molecule has 0 unspecified atom stereocenters. The highest BCUT2D eigenvalue weighted by Gasteiger charge is 2.25. The van der Waals surface area contributed by atoms with Crippen molar-refractivity contribution >= 4 is 20.9 Å². The quantitative estimate of drug-likeness (QED) is 0.788. The van der Waals surface area contributed by atoms with Crippen LogP contribution in [-0.4, -0.2) is 17.5 Å². The standard InChI is InChI=1S/C16H14FNO3S/c1-10-3-6-13(7-4-10)22(20,21)18-11(2)16(19)14-9-12(17)5-8-15(14)18/h3-9,19H,1-2H3. The number of aromatic hydroxyl groups is 1. The molecule has 0 spiro atoms. The van der Waals surface area contributed by atoms with Gasteiger partial charge < -0.3 is 5.11 Å². The number of hydrogen-bond acceptors (Lipinski definition) is 3. The van der Waals surface area contributed by atoms with E-state index >= 15 is 0 Å². The Morgan fingerprint density at radius 2 is 1.68 bits per heavy atom. The van der Waals surface area contributed by atoms with Crippen molar-refractivity contribution < 1.29 is 17.9 Å². The lowest BCUT2D eigenvalue weighted by atomic mass is 10.2. The molecule has 0 aliphatic rings. The number of halogens is 1. The van der Waals surface area contributed by atoms with E-state index in [0.29, 0.717) is 0 Å². The van der Waals surface area contributed by atoms with Gasteiger partial charge in [0, 0.05) is 5.39 Å². The van der Waals surface area contributed by atoms with Gasteiger partial charge in [0.2, 0.25) is 0 Å². The van der Waals surface area contributed by atoms with E-state index < -0.39 is 15.8 Å². The molecule has 0 saturated carbocycles.